The number of carbonyl (C=O) groups is 2. The Kier molecular flexibility index (Phi) is 12.3. The summed E-state index contributed by atoms with van der Waals surface area (Å²) in [5.74, 6) is -2.41. The van der Waals surface area contributed by atoms with Crippen molar-refractivity contribution in [3.8, 4) is 0 Å². The Morgan fingerprint density at radius 2 is 1.45 bits per heavy atom. The molecular weight excluding hydrogens is 711 g/mol. The van der Waals surface area contributed by atoms with Gasteiger partial charge in [0.1, 0.15) is 5.82 Å². The van der Waals surface area contributed by atoms with E-state index in [-0.39, 0.29) is 21.7 Å². The van der Waals surface area contributed by atoms with Gasteiger partial charge in [0.2, 0.25) is 5.91 Å². The van der Waals surface area contributed by atoms with Crippen molar-refractivity contribution in [3.05, 3.63) is 124 Å². The van der Waals surface area contributed by atoms with Gasteiger partial charge in [-0.15, -0.1) is 0 Å². The molecule has 2 fully saturated rings. The molecule has 0 aromatic heterocycles. The molecule has 1 saturated carbocycles. The molecule has 0 unspecified atom stereocenters. The molecule has 4 aromatic rings. The topological polar surface area (TPSA) is 116 Å². The molecule has 2 amide bonds. The molecule has 1 aliphatic carbocycles. The lowest BCUT2D eigenvalue weighted by molar-refractivity contribution is -0.138. The number of likely N-dealkylation sites (tertiary alicyclic amines) is 1. The molecule has 0 radical (unpaired) electrons. The molecule has 0 spiro atoms. The van der Waals surface area contributed by atoms with Crippen molar-refractivity contribution in [1.82, 2.24) is 4.90 Å². The van der Waals surface area contributed by atoms with Crippen molar-refractivity contribution < 1.29 is 40.1 Å². The molecule has 2 atom stereocenters. The highest BCUT2D eigenvalue weighted by atomic mass is 32.2. The Bertz CT molecular complexity index is 2010. The van der Waals surface area contributed by atoms with Gasteiger partial charge in [0.05, 0.1) is 28.0 Å². The largest absolute Gasteiger partial charge is 0.416 e. The minimum absolute atomic E-state index is 0.0289. The second-order valence-electron chi connectivity index (χ2n) is 13.7. The predicted octanol–water partition coefficient (Wildman–Crippen LogP) is 9.29. The number of anilines is 2. The monoisotopic (exact) mass is 753 g/mol. The van der Waals surface area contributed by atoms with Gasteiger partial charge in [-0.3, -0.25) is 14.1 Å². The lowest BCUT2D eigenvalue weighted by Crippen LogP contribution is -2.46. The molecule has 1 saturated heterocycles. The molecule has 282 valence electrons. The van der Waals surface area contributed by atoms with Crippen LogP contribution in [0.1, 0.15) is 82.7 Å². The van der Waals surface area contributed by atoms with E-state index in [1.165, 1.54) is 61.1 Å². The standard InChI is InChI=1S/C33H35F4N3O2.C7H8O3S/c1-20-12-15-25(19-27(20)33(35,36)37)39-31(41)26-10-6-18-40(32(42)29-21(2)7-5-11-28(29)34)30(26)22-13-16-24(17-14-22)38-23-8-3-4-9-23;1-6-2-4-7(5-3-6)11(8,9)10/h5,7,11-17,19,23,26,30,38H,3-4,6,8-10,18H2,1-2H3,(H,39,41);2-5H,1H3,(H,8,9,10)/t26-,30-;/m0./s1. The maximum Gasteiger partial charge on any atom is 0.416 e. The van der Waals surface area contributed by atoms with Gasteiger partial charge in [0, 0.05) is 24.0 Å². The van der Waals surface area contributed by atoms with Crippen molar-refractivity contribution in [3.63, 3.8) is 0 Å². The molecule has 0 bridgehead atoms. The lowest BCUT2D eigenvalue weighted by Gasteiger charge is -2.41. The summed E-state index contributed by atoms with van der Waals surface area (Å²) >= 11 is 0. The van der Waals surface area contributed by atoms with E-state index >= 15 is 0 Å². The zero-order valence-electron chi connectivity index (χ0n) is 29.7. The number of halogens is 4. The number of rotatable bonds is 7. The third-order valence-electron chi connectivity index (χ3n) is 9.77. The van der Waals surface area contributed by atoms with Crippen molar-refractivity contribution in [2.24, 2.45) is 5.92 Å². The Hall–Kier alpha value is -4.75. The maximum absolute atomic E-state index is 14.9. The van der Waals surface area contributed by atoms with Crippen LogP contribution >= 0.6 is 0 Å². The minimum Gasteiger partial charge on any atom is -0.382 e. The van der Waals surface area contributed by atoms with Crippen LogP contribution < -0.4 is 10.6 Å². The number of benzene rings is 4. The summed E-state index contributed by atoms with van der Waals surface area (Å²) in [5.41, 5.74) is 2.30. The van der Waals surface area contributed by atoms with Crippen LogP contribution in [0.15, 0.2) is 89.8 Å². The maximum atomic E-state index is 14.9. The van der Waals surface area contributed by atoms with Crippen molar-refractivity contribution >= 4 is 33.3 Å². The summed E-state index contributed by atoms with van der Waals surface area (Å²) in [6.45, 7) is 5.18. The van der Waals surface area contributed by atoms with Crippen LogP contribution in [0.25, 0.3) is 0 Å². The number of hydrogen-bond donors (Lipinski definition) is 3. The molecule has 1 aliphatic heterocycles. The van der Waals surface area contributed by atoms with Gasteiger partial charge in [0.15, 0.2) is 0 Å². The first-order chi connectivity index (χ1) is 25.0. The van der Waals surface area contributed by atoms with Gasteiger partial charge in [-0.25, -0.2) is 4.39 Å². The molecule has 6 rings (SSSR count). The summed E-state index contributed by atoms with van der Waals surface area (Å²) in [4.78, 5) is 29.0. The van der Waals surface area contributed by atoms with Crippen molar-refractivity contribution in [1.29, 1.82) is 0 Å². The molecule has 13 heteroatoms. The molecule has 1 heterocycles. The number of alkyl halides is 3. The van der Waals surface area contributed by atoms with E-state index in [0.717, 1.165) is 30.2 Å². The number of carbonyl (C=O) groups excluding carboxylic acids is 2. The van der Waals surface area contributed by atoms with Gasteiger partial charge in [-0.1, -0.05) is 60.9 Å². The highest BCUT2D eigenvalue weighted by Gasteiger charge is 2.41. The highest BCUT2D eigenvalue weighted by molar-refractivity contribution is 7.85. The van der Waals surface area contributed by atoms with E-state index in [4.69, 9.17) is 4.55 Å². The fourth-order valence-corrected chi connectivity index (χ4v) is 7.47. The van der Waals surface area contributed by atoms with Crippen LogP contribution in [-0.2, 0) is 21.1 Å². The lowest BCUT2D eigenvalue weighted by atomic mass is 9.83. The van der Waals surface area contributed by atoms with Crippen LogP contribution in [0.5, 0.6) is 0 Å². The minimum atomic E-state index is -4.56. The first-order valence-corrected chi connectivity index (χ1v) is 18.9. The van der Waals surface area contributed by atoms with Gasteiger partial charge in [0.25, 0.3) is 16.0 Å². The highest BCUT2D eigenvalue weighted by Crippen LogP contribution is 2.40. The molecular formula is C40H43F4N3O5S. The van der Waals surface area contributed by atoms with Gasteiger partial charge < -0.3 is 15.5 Å². The van der Waals surface area contributed by atoms with E-state index in [0.29, 0.717) is 36.6 Å². The number of aryl methyl sites for hydroxylation is 3. The average molecular weight is 754 g/mol. The van der Waals surface area contributed by atoms with Crippen LogP contribution in [-0.4, -0.2) is 42.3 Å². The van der Waals surface area contributed by atoms with Crippen LogP contribution in [0, 0.1) is 32.5 Å². The first kappa shape index (κ1) is 39.5. The second-order valence-corrected chi connectivity index (χ2v) is 15.1. The van der Waals surface area contributed by atoms with E-state index < -0.39 is 51.4 Å². The van der Waals surface area contributed by atoms with E-state index in [9.17, 15) is 35.6 Å². The van der Waals surface area contributed by atoms with E-state index in [1.54, 1.807) is 25.1 Å². The summed E-state index contributed by atoms with van der Waals surface area (Å²) < 4.78 is 85.1. The summed E-state index contributed by atoms with van der Waals surface area (Å²) in [5, 5.41) is 6.20. The zero-order chi connectivity index (χ0) is 38.5. The van der Waals surface area contributed by atoms with Crippen LogP contribution in [0.3, 0.4) is 0 Å². The van der Waals surface area contributed by atoms with Crippen LogP contribution in [0.4, 0.5) is 28.9 Å². The van der Waals surface area contributed by atoms with Crippen molar-refractivity contribution in [2.75, 3.05) is 17.2 Å². The van der Waals surface area contributed by atoms with Crippen molar-refractivity contribution in [2.45, 2.75) is 82.5 Å². The molecule has 3 N–H and O–H groups in total. The van der Waals surface area contributed by atoms with E-state index in [2.05, 4.69) is 10.6 Å². The summed E-state index contributed by atoms with van der Waals surface area (Å²) in [7, 11) is -4.02. The summed E-state index contributed by atoms with van der Waals surface area (Å²) in [6, 6.07) is 21.4. The normalized spacial score (nSPS) is 17.8. The Labute approximate surface area is 307 Å². The molecule has 2 aliphatic rings. The molecule has 8 nitrogen and oxygen atoms in total. The van der Waals surface area contributed by atoms with Crippen LogP contribution in [0.2, 0.25) is 0 Å². The number of piperidine rings is 1. The Morgan fingerprint density at radius 3 is 2.06 bits per heavy atom. The third kappa shape index (κ3) is 9.82. The summed E-state index contributed by atoms with van der Waals surface area (Å²) in [6.07, 6.45) is 0.915. The smallest absolute Gasteiger partial charge is 0.382 e. The number of nitrogens with zero attached hydrogens (tertiary/aromatic N) is 1. The third-order valence-corrected chi connectivity index (χ3v) is 10.6. The molecule has 53 heavy (non-hydrogen) atoms. The van der Waals surface area contributed by atoms with Gasteiger partial charge in [-0.05, 0) is 106 Å². The Morgan fingerprint density at radius 1 is 0.811 bits per heavy atom. The SMILES string of the molecule is Cc1ccc(NC(=O)[C@H]2CCCN(C(=O)c3c(C)cccc3F)[C@H]2c2ccc(NC3CCCC3)cc2)cc1C(F)(F)F.Cc1ccc(S(=O)(=O)O)cc1. The molecule has 4 aromatic carbocycles. The number of nitrogens with one attached hydrogen (secondary N) is 2. The first-order valence-electron chi connectivity index (χ1n) is 17.5. The Balaban J connectivity index is 0.000000422. The number of hydrogen-bond acceptors (Lipinski definition) is 5. The van der Waals surface area contributed by atoms with E-state index in [1.807, 2.05) is 31.2 Å². The fourth-order valence-electron chi connectivity index (χ4n) is 6.99. The zero-order valence-corrected chi connectivity index (χ0v) is 30.5. The predicted molar refractivity (Wildman–Crippen MR) is 196 cm³/mol. The quantitative estimate of drug-likeness (QED) is 0.128. The van der Waals surface area contributed by atoms with Gasteiger partial charge in [-0.2, -0.15) is 21.6 Å². The number of amides is 2. The second kappa shape index (κ2) is 16.5. The fraction of sp³-hybridized carbons (Fsp3) is 0.350. The van der Waals surface area contributed by atoms with Gasteiger partial charge >= 0.3 is 6.18 Å². The average Bonchev–Trinajstić information content (AvgIpc) is 3.62.